The van der Waals surface area contributed by atoms with Gasteiger partial charge in [0.05, 0.1) is 12.4 Å². The molecule has 6 heteroatoms. The van der Waals surface area contributed by atoms with Crippen molar-refractivity contribution in [2.24, 2.45) is 10.7 Å². The van der Waals surface area contributed by atoms with Crippen molar-refractivity contribution in [2.75, 3.05) is 44.4 Å². The number of hydrogen-bond donors (Lipinski definition) is 3. The van der Waals surface area contributed by atoms with Crippen molar-refractivity contribution in [3.63, 3.8) is 0 Å². The number of allylic oxidation sites excluding steroid dienone is 3. The van der Waals surface area contributed by atoms with Crippen molar-refractivity contribution in [3.8, 4) is 0 Å². The van der Waals surface area contributed by atoms with E-state index in [1.54, 1.807) is 0 Å². The first kappa shape index (κ1) is 23.3. The number of nitrogens with one attached hydrogen (secondary N) is 2. The van der Waals surface area contributed by atoms with E-state index < -0.39 is 0 Å². The molecule has 0 atom stereocenters. The second kappa shape index (κ2) is 13.2. The molecule has 0 unspecified atom stereocenters. The van der Waals surface area contributed by atoms with Crippen molar-refractivity contribution in [3.05, 3.63) is 59.3 Å². The van der Waals surface area contributed by atoms with Crippen molar-refractivity contribution < 1.29 is 0 Å². The van der Waals surface area contributed by atoms with E-state index in [2.05, 4.69) is 51.2 Å². The Kier molecular flexibility index (Phi) is 10.6. The summed E-state index contributed by atoms with van der Waals surface area (Å²) in [6, 6.07) is 4.26. The number of fused-ring (bicyclic) bond motifs is 1. The Morgan fingerprint density at radius 1 is 1.28 bits per heavy atom. The number of anilines is 1. The first-order valence-electron chi connectivity index (χ1n) is 10.2. The number of hydrogen-bond acceptors (Lipinski definition) is 6. The van der Waals surface area contributed by atoms with Crippen LogP contribution < -0.4 is 16.4 Å². The molecular weight excluding hydrogens is 378 g/mol. The normalized spacial score (nSPS) is 16.6. The van der Waals surface area contributed by atoms with E-state index in [0.29, 0.717) is 6.54 Å². The highest BCUT2D eigenvalue weighted by Gasteiger charge is 2.16. The first-order valence-corrected chi connectivity index (χ1v) is 11.6. The summed E-state index contributed by atoms with van der Waals surface area (Å²) < 4.78 is 0. The maximum absolute atomic E-state index is 5.64. The van der Waals surface area contributed by atoms with Crippen LogP contribution in [-0.4, -0.2) is 50.2 Å². The van der Waals surface area contributed by atoms with Crippen molar-refractivity contribution in [1.82, 2.24) is 10.2 Å². The van der Waals surface area contributed by atoms with Crippen LogP contribution >= 0.6 is 11.8 Å². The summed E-state index contributed by atoms with van der Waals surface area (Å²) in [5.74, 6) is 1.05. The van der Waals surface area contributed by atoms with Gasteiger partial charge in [-0.3, -0.25) is 10.3 Å². The van der Waals surface area contributed by atoms with Crippen molar-refractivity contribution >= 4 is 29.4 Å². The van der Waals surface area contributed by atoms with Crippen LogP contribution in [0.25, 0.3) is 0 Å². The number of benzene rings is 1. The van der Waals surface area contributed by atoms with E-state index in [4.69, 9.17) is 5.73 Å². The molecule has 1 fully saturated rings. The average molecular weight is 414 g/mol. The van der Waals surface area contributed by atoms with Gasteiger partial charge in [-0.1, -0.05) is 24.3 Å². The molecule has 0 radical (unpaired) electrons. The second-order valence-corrected chi connectivity index (χ2v) is 7.72. The zero-order valence-corrected chi connectivity index (χ0v) is 18.8. The number of nitrogens with zero attached hydrogens (tertiary/aromatic N) is 2. The molecule has 4 N–H and O–H groups in total. The molecule has 0 spiro atoms. The molecule has 0 aromatic heterocycles. The molecule has 3 rings (SSSR count). The number of rotatable bonds is 7. The van der Waals surface area contributed by atoms with Gasteiger partial charge in [0.1, 0.15) is 0 Å². The molecule has 5 nitrogen and oxygen atoms in total. The lowest BCUT2D eigenvalue weighted by atomic mass is 10.0. The highest BCUT2D eigenvalue weighted by atomic mass is 32.2. The monoisotopic (exact) mass is 413 g/mol. The molecule has 0 aliphatic carbocycles. The zero-order chi connectivity index (χ0) is 20.9. The fraction of sp³-hybridized carbons (Fsp3) is 0.435. The van der Waals surface area contributed by atoms with E-state index in [9.17, 15) is 0 Å². The van der Waals surface area contributed by atoms with Gasteiger partial charge in [-0.05, 0) is 55.4 Å². The van der Waals surface area contributed by atoms with Crippen LogP contribution in [0.3, 0.4) is 0 Å². The van der Waals surface area contributed by atoms with Crippen LogP contribution in [0.2, 0.25) is 0 Å². The second-order valence-electron chi connectivity index (χ2n) is 6.85. The van der Waals surface area contributed by atoms with Crippen LogP contribution in [-0.2, 0) is 12.2 Å². The molecule has 1 aromatic carbocycles. The van der Waals surface area contributed by atoms with Crippen LogP contribution in [0.5, 0.6) is 0 Å². The molecule has 1 aromatic rings. The Morgan fingerprint density at radius 2 is 2.14 bits per heavy atom. The third-order valence-corrected chi connectivity index (χ3v) is 5.32. The summed E-state index contributed by atoms with van der Waals surface area (Å²) >= 11 is 1.86. The van der Waals surface area contributed by atoms with Crippen LogP contribution in [0.4, 0.5) is 11.4 Å². The Labute approximate surface area is 180 Å². The average Bonchev–Trinajstić information content (AvgIpc) is 3.41. The van der Waals surface area contributed by atoms with Crippen LogP contribution in [0, 0.1) is 0 Å². The molecule has 0 bridgehead atoms. The van der Waals surface area contributed by atoms with Gasteiger partial charge in [-0.2, -0.15) is 11.8 Å². The fourth-order valence-corrected chi connectivity index (χ4v) is 3.95. The molecule has 2 aliphatic rings. The number of aliphatic imine (C=N–C) groups is 1. The molecule has 0 saturated carbocycles. The van der Waals surface area contributed by atoms with Crippen molar-refractivity contribution in [1.29, 1.82) is 0 Å². The quantitative estimate of drug-likeness (QED) is 0.465. The van der Waals surface area contributed by atoms with E-state index in [1.165, 1.54) is 16.8 Å². The highest BCUT2D eigenvalue weighted by molar-refractivity contribution is 7.97. The predicted octanol–water partition coefficient (Wildman–Crippen LogP) is 4.06. The van der Waals surface area contributed by atoms with E-state index in [0.717, 1.165) is 49.7 Å². The Morgan fingerprint density at radius 3 is 2.79 bits per heavy atom. The molecule has 2 heterocycles. The van der Waals surface area contributed by atoms with Crippen molar-refractivity contribution in [2.45, 2.75) is 26.0 Å². The molecule has 1 saturated heterocycles. The highest BCUT2D eigenvalue weighted by Crippen LogP contribution is 2.34. The SMILES string of the molecule is CC=Nc1ccc2c(c1CSC)CCN2.C\C=C/C=C\C(=C\N1CCNC1)CN. The predicted molar refractivity (Wildman–Crippen MR) is 130 cm³/mol. The number of thioether (sulfide) groups is 1. The summed E-state index contributed by atoms with van der Waals surface area (Å²) in [6.07, 6.45) is 15.3. The van der Waals surface area contributed by atoms with Gasteiger partial charge < -0.3 is 16.0 Å². The standard InChI is InChI=1S/C12H16N2S.C11H19N3/c1-3-13-12-5-4-11-9(6-7-14-11)10(12)8-15-2;1-2-3-4-5-11(8-12)9-14-7-6-13-10-14/h3-5,14H,6-8H2,1-2H3;2-5,9,13H,6-8,10,12H2,1H3/b;3-2-,5-4-,11-9-. The third kappa shape index (κ3) is 7.38. The van der Waals surface area contributed by atoms with Crippen LogP contribution in [0.15, 0.2) is 53.2 Å². The Bertz CT molecular complexity index is 746. The minimum Gasteiger partial charge on any atom is -0.384 e. The Hall–Kier alpha value is -2.02. The smallest absolute Gasteiger partial charge is 0.0677 e. The first-order chi connectivity index (χ1) is 14.2. The van der Waals surface area contributed by atoms with Gasteiger partial charge in [0.25, 0.3) is 0 Å². The minimum absolute atomic E-state index is 0.588. The maximum Gasteiger partial charge on any atom is 0.0677 e. The summed E-state index contributed by atoms with van der Waals surface area (Å²) in [5.41, 5.74) is 12.1. The fourth-order valence-electron chi connectivity index (χ4n) is 3.34. The largest absolute Gasteiger partial charge is 0.384 e. The van der Waals surface area contributed by atoms with Gasteiger partial charge in [-0.25, -0.2) is 0 Å². The van der Waals surface area contributed by atoms with Gasteiger partial charge in [0.15, 0.2) is 0 Å². The maximum atomic E-state index is 5.64. The summed E-state index contributed by atoms with van der Waals surface area (Å²) in [4.78, 5) is 6.67. The lowest BCUT2D eigenvalue weighted by molar-refractivity contribution is 0.458. The topological polar surface area (TPSA) is 65.7 Å². The third-order valence-electron chi connectivity index (χ3n) is 4.74. The van der Waals surface area contributed by atoms with Gasteiger partial charge in [-0.15, -0.1) is 0 Å². The lowest BCUT2D eigenvalue weighted by Crippen LogP contribution is -2.17. The molecular formula is C23H35N5S. The summed E-state index contributed by atoms with van der Waals surface area (Å²) in [5, 5.41) is 6.68. The van der Waals surface area contributed by atoms with Gasteiger partial charge >= 0.3 is 0 Å². The van der Waals surface area contributed by atoms with Crippen LogP contribution in [0.1, 0.15) is 25.0 Å². The summed E-state index contributed by atoms with van der Waals surface area (Å²) in [7, 11) is 0. The van der Waals surface area contributed by atoms with E-state index in [1.807, 2.05) is 50.1 Å². The molecule has 0 amide bonds. The van der Waals surface area contributed by atoms with E-state index >= 15 is 0 Å². The Balaban J connectivity index is 0.000000208. The number of nitrogens with two attached hydrogens (primary N) is 1. The summed E-state index contributed by atoms with van der Waals surface area (Å²) in [6.45, 7) is 8.68. The molecule has 29 heavy (non-hydrogen) atoms. The minimum atomic E-state index is 0.588. The molecule has 2 aliphatic heterocycles. The molecule has 158 valence electrons. The van der Waals surface area contributed by atoms with E-state index in [-0.39, 0.29) is 0 Å². The van der Waals surface area contributed by atoms with Gasteiger partial charge in [0, 0.05) is 50.0 Å². The lowest BCUT2D eigenvalue weighted by Gasteiger charge is -2.11. The van der Waals surface area contributed by atoms with Gasteiger partial charge in [0.2, 0.25) is 0 Å². The zero-order valence-electron chi connectivity index (χ0n) is 17.9.